The molecule has 0 atom stereocenters. The lowest BCUT2D eigenvalue weighted by atomic mass is 9.79. The Hall–Kier alpha value is -2.63. The third-order valence-corrected chi connectivity index (χ3v) is 5.39. The highest BCUT2D eigenvalue weighted by Crippen LogP contribution is 2.31. The Morgan fingerprint density at radius 2 is 1.53 bits per heavy atom. The Kier molecular flexibility index (Phi) is 10.5. The van der Waals surface area contributed by atoms with E-state index in [-0.39, 0.29) is 29.0 Å². The molecular weight excluding hydrogens is 450 g/mol. The smallest absolute Gasteiger partial charge is 0.341 e. The molecule has 34 heavy (non-hydrogen) atoms. The van der Waals surface area contributed by atoms with Crippen molar-refractivity contribution in [2.24, 2.45) is 5.73 Å². The number of esters is 1. The van der Waals surface area contributed by atoms with Crippen molar-refractivity contribution in [3.8, 4) is 5.75 Å². The number of rotatable bonds is 8. The van der Waals surface area contributed by atoms with Crippen LogP contribution in [0.3, 0.4) is 0 Å². The molecule has 0 spiro atoms. The summed E-state index contributed by atoms with van der Waals surface area (Å²) in [7, 11) is 1.33. The van der Waals surface area contributed by atoms with Gasteiger partial charge in [-0.3, -0.25) is 4.79 Å². The van der Waals surface area contributed by atoms with Gasteiger partial charge in [-0.25, -0.2) is 4.79 Å². The number of carbonyl (C=O) groups is 2. The van der Waals surface area contributed by atoms with Crippen molar-refractivity contribution in [3.05, 3.63) is 70.3 Å². The number of hydrogen-bond acceptors (Lipinski definition) is 5. The average Bonchev–Trinajstić information content (AvgIpc) is 2.75. The van der Waals surface area contributed by atoms with E-state index < -0.39 is 5.97 Å². The Balaban J connectivity index is 0.00000578. The van der Waals surface area contributed by atoms with Crippen molar-refractivity contribution >= 4 is 30.2 Å². The lowest BCUT2D eigenvalue weighted by molar-refractivity contribution is 0.0596. The average molecular weight is 488 g/mol. The first-order valence-corrected chi connectivity index (χ1v) is 11.3. The lowest BCUT2D eigenvalue weighted by Crippen LogP contribution is -2.17. The lowest BCUT2D eigenvalue weighted by Gasteiger charge is -2.25. The van der Waals surface area contributed by atoms with Gasteiger partial charge in [0.1, 0.15) is 11.3 Å². The van der Waals surface area contributed by atoms with E-state index in [9.17, 15) is 9.59 Å². The fourth-order valence-electron chi connectivity index (χ4n) is 3.21. The van der Waals surface area contributed by atoms with E-state index in [2.05, 4.69) is 47.6 Å². The Bertz CT molecular complexity index is 997. The van der Waals surface area contributed by atoms with Crippen LogP contribution in [-0.4, -0.2) is 32.0 Å². The maximum Gasteiger partial charge on any atom is 0.341 e. The SMILES string of the molecule is COC(=O)c1ccc(C=CC(=O)c2cc(C(C)(C)C)cc(C(C)(C)C)c2)cc1OCCCN.Cl. The van der Waals surface area contributed by atoms with Gasteiger partial charge in [0, 0.05) is 5.56 Å². The van der Waals surface area contributed by atoms with Gasteiger partial charge in [-0.15, -0.1) is 12.4 Å². The van der Waals surface area contributed by atoms with Gasteiger partial charge < -0.3 is 15.2 Å². The predicted octanol–water partition coefficient (Wildman–Crippen LogP) is 6.11. The standard InChI is InChI=1S/C28H37NO4.ClH/c1-27(2,3)21-16-20(17-22(18-21)28(4,5)6)24(30)12-10-19-9-11-23(26(31)32-7)25(15-19)33-14-8-13-29;/h9-12,15-18H,8,13-14,29H2,1-7H3;1H. The number of benzene rings is 2. The number of hydrogen-bond donors (Lipinski definition) is 1. The monoisotopic (exact) mass is 487 g/mol. The topological polar surface area (TPSA) is 78.6 Å². The van der Waals surface area contributed by atoms with Crippen LogP contribution >= 0.6 is 12.4 Å². The number of nitrogens with two attached hydrogens (primary N) is 1. The van der Waals surface area contributed by atoms with Crippen molar-refractivity contribution in [2.45, 2.75) is 58.8 Å². The Morgan fingerprint density at radius 3 is 2.03 bits per heavy atom. The summed E-state index contributed by atoms with van der Waals surface area (Å²) in [5, 5.41) is 0. The Labute approximate surface area is 210 Å². The molecule has 0 fully saturated rings. The van der Waals surface area contributed by atoms with E-state index in [0.717, 1.165) is 16.7 Å². The Morgan fingerprint density at radius 1 is 0.941 bits per heavy atom. The summed E-state index contributed by atoms with van der Waals surface area (Å²) < 4.78 is 10.6. The number of methoxy groups -OCH3 is 1. The summed E-state index contributed by atoms with van der Waals surface area (Å²) in [6, 6.07) is 11.3. The van der Waals surface area contributed by atoms with E-state index in [4.69, 9.17) is 15.2 Å². The molecule has 0 aliphatic carbocycles. The van der Waals surface area contributed by atoms with Gasteiger partial charge in [0.15, 0.2) is 5.78 Å². The molecule has 0 radical (unpaired) electrons. The minimum absolute atomic E-state index is 0. The maximum atomic E-state index is 13.1. The van der Waals surface area contributed by atoms with Gasteiger partial charge in [-0.1, -0.05) is 59.8 Å². The van der Waals surface area contributed by atoms with E-state index in [1.807, 2.05) is 12.1 Å². The first-order valence-electron chi connectivity index (χ1n) is 11.3. The minimum Gasteiger partial charge on any atom is -0.493 e. The fourth-order valence-corrected chi connectivity index (χ4v) is 3.21. The zero-order chi connectivity index (χ0) is 24.8. The van der Waals surface area contributed by atoms with Gasteiger partial charge >= 0.3 is 5.97 Å². The quantitative estimate of drug-likeness (QED) is 0.210. The van der Waals surface area contributed by atoms with Crippen molar-refractivity contribution in [1.29, 1.82) is 0 Å². The van der Waals surface area contributed by atoms with E-state index >= 15 is 0 Å². The second-order valence-corrected chi connectivity index (χ2v) is 10.2. The van der Waals surface area contributed by atoms with Gasteiger partial charge in [0.2, 0.25) is 0 Å². The summed E-state index contributed by atoms with van der Waals surface area (Å²) in [4.78, 5) is 25.1. The van der Waals surface area contributed by atoms with E-state index in [1.54, 1.807) is 30.4 Å². The van der Waals surface area contributed by atoms with Crippen LogP contribution in [0, 0.1) is 0 Å². The van der Waals surface area contributed by atoms with Crippen molar-refractivity contribution < 1.29 is 19.1 Å². The number of carbonyl (C=O) groups excluding carboxylic acids is 2. The first-order chi connectivity index (χ1) is 15.4. The van der Waals surface area contributed by atoms with Gasteiger partial charge in [-0.05, 0) is 70.8 Å². The molecule has 0 heterocycles. The second kappa shape index (κ2) is 12.2. The number of halogens is 1. The summed E-state index contributed by atoms with van der Waals surface area (Å²) >= 11 is 0. The second-order valence-electron chi connectivity index (χ2n) is 10.2. The summed E-state index contributed by atoms with van der Waals surface area (Å²) in [6.45, 7) is 13.8. The molecule has 2 aromatic carbocycles. The normalized spacial score (nSPS) is 11.8. The van der Waals surface area contributed by atoms with Gasteiger partial charge in [0.25, 0.3) is 0 Å². The van der Waals surface area contributed by atoms with E-state index in [1.165, 1.54) is 7.11 Å². The number of ketones is 1. The molecule has 0 aromatic heterocycles. The van der Waals surface area contributed by atoms with Crippen molar-refractivity contribution in [3.63, 3.8) is 0 Å². The molecule has 0 bridgehead atoms. The van der Waals surface area contributed by atoms with Crippen LogP contribution < -0.4 is 10.5 Å². The molecule has 0 saturated heterocycles. The molecule has 6 heteroatoms. The number of allylic oxidation sites excluding steroid dienone is 1. The predicted molar refractivity (Wildman–Crippen MR) is 141 cm³/mol. The molecular formula is C28H38ClNO4. The van der Waals surface area contributed by atoms with Gasteiger partial charge in [-0.2, -0.15) is 0 Å². The highest BCUT2D eigenvalue weighted by Gasteiger charge is 2.21. The molecule has 0 amide bonds. The molecule has 0 aliphatic heterocycles. The van der Waals surface area contributed by atoms with Crippen LogP contribution in [0.15, 0.2) is 42.5 Å². The summed E-state index contributed by atoms with van der Waals surface area (Å²) in [5.41, 5.74) is 9.41. The molecule has 0 unspecified atom stereocenters. The highest BCUT2D eigenvalue weighted by molar-refractivity contribution is 6.07. The van der Waals surface area contributed by atoms with Crippen LogP contribution in [0.4, 0.5) is 0 Å². The zero-order valence-corrected chi connectivity index (χ0v) is 22.2. The molecule has 2 rings (SSSR count). The van der Waals surface area contributed by atoms with Crippen molar-refractivity contribution in [2.75, 3.05) is 20.3 Å². The fraction of sp³-hybridized carbons (Fsp3) is 0.429. The molecule has 5 nitrogen and oxygen atoms in total. The molecule has 186 valence electrons. The summed E-state index contributed by atoms with van der Waals surface area (Å²) in [6.07, 6.45) is 3.96. The van der Waals surface area contributed by atoms with Crippen molar-refractivity contribution in [1.82, 2.24) is 0 Å². The third kappa shape index (κ3) is 8.00. The van der Waals surface area contributed by atoms with Crippen LogP contribution in [0.5, 0.6) is 5.75 Å². The molecule has 0 aliphatic rings. The van der Waals surface area contributed by atoms with Gasteiger partial charge in [0.05, 0.1) is 13.7 Å². The van der Waals surface area contributed by atoms with E-state index in [0.29, 0.717) is 36.4 Å². The largest absolute Gasteiger partial charge is 0.493 e. The molecule has 2 N–H and O–H groups in total. The third-order valence-electron chi connectivity index (χ3n) is 5.39. The van der Waals surface area contributed by atoms with Crippen LogP contribution in [0.1, 0.15) is 85.4 Å². The number of ether oxygens (including phenoxy) is 2. The van der Waals surface area contributed by atoms with Crippen LogP contribution in [-0.2, 0) is 15.6 Å². The maximum absolute atomic E-state index is 13.1. The van der Waals surface area contributed by atoms with Crippen LogP contribution in [0.2, 0.25) is 0 Å². The first kappa shape index (κ1) is 29.4. The zero-order valence-electron chi connectivity index (χ0n) is 21.4. The highest BCUT2D eigenvalue weighted by atomic mass is 35.5. The molecule has 0 saturated carbocycles. The van der Waals surface area contributed by atoms with Crippen LogP contribution in [0.25, 0.3) is 6.08 Å². The summed E-state index contributed by atoms with van der Waals surface area (Å²) in [5.74, 6) is -0.137. The minimum atomic E-state index is -0.474. The molecule has 2 aromatic rings.